The number of benzene rings is 1. The second-order valence-corrected chi connectivity index (χ2v) is 3.37. The molecule has 0 aromatic heterocycles. The fraction of sp³-hybridized carbons (Fsp3) is 0.333. The van der Waals surface area contributed by atoms with Crippen LogP contribution in [0.4, 0.5) is 0 Å². The van der Waals surface area contributed by atoms with Gasteiger partial charge in [0.2, 0.25) is 6.79 Å². The van der Waals surface area contributed by atoms with Crippen molar-refractivity contribution in [3.63, 3.8) is 0 Å². The Kier molecular flexibility index (Phi) is 3.30. The van der Waals surface area contributed by atoms with Crippen LogP contribution in [0.3, 0.4) is 0 Å². The Balaban J connectivity index is 2.37. The van der Waals surface area contributed by atoms with Crippen LogP contribution in [-0.4, -0.2) is 30.6 Å². The van der Waals surface area contributed by atoms with Gasteiger partial charge < -0.3 is 24.4 Å². The largest absolute Gasteiger partial charge is 0.492 e. The monoisotopic (exact) mass is 225 g/mol. The second kappa shape index (κ2) is 4.71. The van der Waals surface area contributed by atoms with Gasteiger partial charge in [-0.25, -0.2) is 5.90 Å². The highest BCUT2D eigenvalue weighted by molar-refractivity contribution is 6.60. The third kappa shape index (κ3) is 1.98. The first-order chi connectivity index (χ1) is 7.74. The Morgan fingerprint density at radius 1 is 1.38 bits per heavy atom. The lowest BCUT2D eigenvalue weighted by Crippen LogP contribution is -2.34. The molecule has 0 spiro atoms. The molecule has 0 bridgehead atoms. The van der Waals surface area contributed by atoms with Crippen molar-refractivity contribution in [2.45, 2.75) is 6.42 Å². The Labute approximate surface area is 92.6 Å². The molecule has 1 heterocycles. The average Bonchev–Trinajstić information content (AvgIpc) is 2.72. The first-order valence-electron chi connectivity index (χ1n) is 4.83. The molecule has 1 aromatic rings. The van der Waals surface area contributed by atoms with Crippen LogP contribution < -0.4 is 20.8 Å². The summed E-state index contributed by atoms with van der Waals surface area (Å²) in [6.07, 6.45) is 0.472. The Morgan fingerprint density at radius 2 is 2.19 bits per heavy atom. The van der Waals surface area contributed by atoms with Crippen LogP contribution in [0.5, 0.6) is 11.5 Å². The lowest BCUT2D eigenvalue weighted by molar-refractivity contribution is 0.141. The molecule has 0 atom stereocenters. The van der Waals surface area contributed by atoms with Crippen LogP contribution >= 0.6 is 0 Å². The van der Waals surface area contributed by atoms with E-state index in [1.807, 2.05) is 0 Å². The average molecular weight is 225 g/mol. The van der Waals surface area contributed by atoms with E-state index < -0.39 is 7.12 Å². The number of rotatable bonds is 4. The van der Waals surface area contributed by atoms with Gasteiger partial charge in [0.1, 0.15) is 0 Å². The van der Waals surface area contributed by atoms with Gasteiger partial charge >= 0.3 is 7.12 Å². The van der Waals surface area contributed by atoms with E-state index in [4.69, 9.17) is 15.4 Å². The smallest absolute Gasteiger partial charge is 0.454 e. The molecule has 86 valence electrons. The summed E-state index contributed by atoms with van der Waals surface area (Å²) in [6, 6.07) is 3.46. The minimum absolute atomic E-state index is 0.0892. The Bertz CT molecular complexity index is 384. The van der Waals surface area contributed by atoms with Crippen LogP contribution in [0, 0.1) is 0 Å². The van der Waals surface area contributed by atoms with Crippen molar-refractivity contribution in [1.29, 1.82) is 0 Å². The minimum Gasteiger partial charge on any atom is -0.454 e. The summed E-state index contributed by atoms with van der Waals surface area (Å²) < 4.78 is 10.3. The molecule has 1 aromatic carbocycles. The number of fused-ring (bicyclic) bond motifs is 1. The SMILES string of the molecule is NOCCc1ccc2c(c1B(O)O)OCO2. The number of hydrogen-bond acceptors (Lipinski definition) is 6. The number of ether oxygens (including phenoxy) is 2. The molecule has 16 heavy (non-hydrogen) atoms. The van der Waals surface area contributed by atoms with Crippen molar-refractivity contribution in [1.82, 2.24) is 0 Å². The Morgan fingerprint density at radius 3 is 2.88 bits per heavy atom. The third-order valence-electron chi connectivity index (χ3n) is 2.42. The summed E-state index contributed by atoms with van der Waals surface area (Å²) in [5, 5.41) is 18.6. The summed E-state index contributed by atoms with van der Waals surface area (Å²) in [4.78, 5) is 4.46. The standard InChI is InChI=1S/C9H12BNO5/c11-16-4-3-6-1-2-7-9(15-5-14-7)8(6)10(12)13/h1-2,12-13H,3-5,11H2. The molecule has 0 unspecified atom stereocenters. The lowest BCUT2D eigenvalue weighted by Gasteiger charge is -2.11. The highest BCUT2D eigenvalue weighted by Gasteiger charge is 2.27. The first-order valence-corrected chi connectivity index (χ1v) is 4.83. The molecular weight excluding hydrogens is 213 g/mol. The zero-order chi connectivity index (χ0) is 11.5. The van der Waals surface area contributed by atoms with E-state index >= 15 is 0 Å². The van der Waals surface area contributed by atoms with Gasteiger partial charge in [0.05, 0.1) is 6.61 Å². The van der Waals surface area contributed by atoms with Crippen molar-refractivity contribution in [3.05, 3.63) is 17.7 Å². The zero-order valence-electron chi connectivity index (χ0n) is 8.55. The predicted octanol–water partition coefficient (Wildman–Crippen LogP) is -1.47. The maximum atomic E-state index is 9.32. The molecule has 2 rings (SSSR count). The fourth-order valence-corrected chi connectivity index (χ4v) is 1.70. The van der Waals surface area contributed by atoms with Gasteiger partial charge in [-0.05, 0) is 18.1 Å². The maximum Gasteiger partial charge on any atom is 0.492 e. The maximum absolute atomic E-state index is 9.32. The summed E-state index contributed by atoms with van der Waals surface area (Å²) in [7, 11) is -1.61. The molecule has 6 nitrogen and oxygen atoms in total. The summed E-state index contributed by atoms with van der Waals surface area (Å²) >= 11 is 0. The molecule has 7 heteroatoms. The van der Waals surface area contributed by atoms with E-state index in [-0.39, 0.29) is 6.79 Å². The van der Waals surface area contributed by atoms with E-state index in [1.54, 1.807) is 12.1 Å². The molecule has 1 aliphatic heterocycles. The van der Waals surface area contributed by atoms with Gasteiger partial charge in [0, 0.05) is 5.46 Å². The van der Waals surface area contributed by atoms with Gasteiger partial charge in [0.15, 0.2) is 11.5 Å². The van der Waals surface area contributed by atoms with Crippen LogP contribution in [-0.2, 0) is 11.3 Å². The minimum atomic E-state index is -1.61. The van der Waals surface area contributed by atoms with Gasteiger partial charge in [0.25, 0.3) is 0 Å². The van der Waals surface area contributed by atoms with Crippen molar-refractivity contribution in [2.75, 3.05) is 13.4 Å². The van der Waals surface area contributed by atoms with E-state index in [0.717, 1.165) is 0 Å². The van der Waals surface area contributed by atoms with Gasteiger partial charge in [-0.3, -0.25) is 0 Å². The fourth-order valence-electron chi connectivity index (χ4n) is 1.70. The molecule has 0 amide bonds. The van der Waals surface area contributed by atoms with Gasteiger partial charge in [-0.15, -0.1) is 0 Å². The highest BCUT2D eigenvalue weighted by Crippen LogP contribution is 2.31. The van der Waals surface area contributed by atoms with E-state index in [1.165, 1.54) is 0 Å². The third-order valence-corrected chi connectivity index (χ3v) is 2.42. The van der Waals surface area contributed by atoms with Crippen LogP contribution in [0.25, 0.3) is 0 Å². The molecule has 4 N–H and O–H groups in total. The molecule has 1 aliphatic rings. The van der Waals surface area contributed by atoms with E-state index in [9.17, 15) is 10.0 Å². The molecule has 0 radical (unpaired) electrons. The van der Waals surface area contributed by atoms with Gasteiger partial charge in [-0.2, -0.15) is 0 Å². The summed E-state index contributed by atoms with van der Waals surface area (Å²) in [6.45, 7) is 0.380. The zero-order valence-corrected chi connectivity index (χ0v) is 8.55. The number of nitrogens with two attached hydrogens (primary N) is 1. The first kappa shape index (κ1) is 11.2. The molecule has 0 aliphatic carbocycles. The second-order valence-electron chi connectivity index (χ2n) is 3.37. The predicted molar refractivity (Wildman–Crippen MR) is 56.2 cm³/mol. The van der Waals surface area contributed by atoms with E-state index in [0.29, 0.717) is 35.6 Å². The van der Waals surface area contributed by atoms with Crippen molar-refractivity contribution < 1.29 is 24.4 Å². The number of hydrogen-bond donors (Lipinski definition) is 3. The quantitative estimate of drug-likeness (QED) is 0.427. The summed E-state index contributed by atoms with van der Waals surface area (Å²) in [5.41, 5.74) is 1.02. The van der Waals surface area contributed by atoms with Gasteiger partial charge in [-0.1, -0.05) is 6.07 Å². The molecule has 0 fully saturated rings. The molecule has 0 saturated heterocycles. The van der Waals surface area contributed by atoms with E-state index in [2.05, 4.69) is 4.84 Å². The van der Waals surface area contributed by atoms with Crippen molar-refractivity contribution in [2.24, 2.45) is 5.90 Å². The summed E-state index contributed by atoms with van der Waals surface area (Å²) in [5.74, 6) is 5.83. The lowest BCUT2D eigenvalue weighted by atomic mass is 9.75. The molecule has 0 saturated carbocycles. The normalized spacial score (nSPS) is 12.9. The van der Waals surface area contributed by atoms with Crippen LogP contribution in [0.15, 0.2) is 12.1 Å². The topological polar surface area (TPSA) is 94.2 Å². The molecular formula is C9H12BNO5. The highest BCUT2D eigenvalue weighted by atomic mass is 16.7. The van der Waals surface area contributed by atoms with Crippen LogP contribution in [0.2, 0.25) is 0 Å². The Hall–Kier alpha value is -1.28. The van der Waals surface area contributed by atoms with Crippen LogP contribution in [0.1, 0.15) is 5.56 Å². The van der Waals surface area contributed by atoms with Crippen molar-refractivity contribution >= 4 is 12.6 Å². The van der Waals surface area contributed by atoms with Crippen molar-refractivity contribution in [3.8, 4) is 11.5 Å².